The molecule has 0 aliphatic heterocycles. The molecule has 0 radical (unpaired) electrons. The van der Waals surface area contributed by atoms with Crippen LogP contribution in [0.15, 0.2) is 35.1 Å². The predicted octanol–water partition coefficient (Wildman–Crippen LogP) is 2.33. The Morgan fingerprint density at radius 2 is 2.24 bits per heavy atom. The van der Waals surface area contributed by atoms with E-state index in [0.29, 0.717) is 18.7 Å². The minimum Gasteiger partial charge on any atom is -0.330 e. The predicted molar refractivity (Wildman–Crippen MR) is 68.2 cm³/mol. The number of halogens is 2. The number of aromatic nitrogens is 2. The van der Waals surface area contributed by atoms with Gasteiger partial charge in [-0.2, -0.15) is 5.10 Å². The second-order valence-electron chi connectivity index (χ2n) is 3.82. The van der Waals surface area contributed by atoms with Gasteiger partial charge in [0.1, 0.15) is 5.82 Å². The van der Waals surface area contributed by atoms with Crippen molar-refractivity contribution in [1.29, 1.82) is 0 Å². The molecular formula is C12H13BrFN3. The summed E-state index contributed by atoms with van der Waals surface area (Å²) in [6.07, 6.45) is 4.46. The first kappa shape index (κ1) is 12.3. The number of hydrogen-bond donors (Lipinski definition) is 1. The molecule has 90 valence electrons. The highest BCUT2D eigenvalue weighted by molar-refractivity contribution is 9.10. The zero-order valence-electron chi connectivity index (χ0n) is 9.24. The molecule has 0 atom stereocenters. The second-order valence-corrected chi connectivity index (χ2v) is 4.74. The van der Waals surface area contributed by atoms with Crippen LogP contribution >= 0.6 is 15.9 Å². The van der Waals surface area contributed by atoms with E-state index in [4.69, 9.17) is 5.73 Å². The average Bonchev–Trinajstić information content (AvgIpc) is 2.72. The van der Waals surface area contributed by atoms with E-state index in [1.807, 2.05) is 6.20 Å². The highest BCUT2D eigenvalue weighted by Gasteiger charge is 2.05. The van der Waals surface area contributed by atoms with Gasteiger partial charge < -0.3 is 5.73 Å². The molecule has 17 heavy (non-hydrogen) atoms. The van der Waals surface area contributed by atoms with Crippen molar-refractivity contribution < 1.29 is 4.39 Å². The first-order chi connectivity index (χ1) is 8.19. The molecule has 0 saturated heterocycles. The number of nitrogens with two attached hydrogens (primary N) is 1. The molecule has 0 unspecified atom stereocenters. The molecule has 0 spiro atoms. The second kappa shape index (κ2) is 5.42. The van der Waals surface area contributed by atoms with Crippen LogP contribution in [0.2, 0.25) is 0 Å². The number of nitrogens with zero attached hydrogens (tertiary/aromatic N) is 2. The molecule has 5 heteroatoms. The topological polar surface area (TPSA) is 43.8 Å². The Balaban J connectivity index is 2.16. The summed E-state index contributed by atoms with van der Waals surface area (Å²) in [6.45, 7) is 1.02. The van der Waals surface area contributed by atoms with E-state index in [1.54, 1.807) is 23.0 Å². The maximum absolute atomic E-state index is 13.5. The van der Waals surface area contributed by atoms with Crippen molar-refractivity contribution in [2.24, 2.45) is 5.73 Å². The highest BCUT2D eigenvalue weighted by atomic mass is 79.9. The maximum Gasteiger partial charge on any atom is 0.128 e. The van der Waals surface area contributed by atoms with Crippen molar-refractivity contribution in [1.82, 2.24) is 9.78 Å². The fraction of sp³-hybridized carbons (Fsp3) is 0.250. The van der Waals surface area contributed by atoms with Crippen LogP contribution in [0.4, 0.5) is 4.39 Å². The summed E-state index contributed by atoms with van der Waals surface area (Å²) in [5.41, 5.74) is 7.15. The Labute approximate surface area is 108 Å². The van der Waals surface area contributed by atoms with Gasteiger partial charge in [0.25, 0.3) is 0 Å². The van der Waals surface area contributed by atoms with Crippen molar-refractivity contribution in [2.45, 2.75) is 13.0 Å². The van der Waals surface area contributed by atoms with Crippen LogP contribution in [0, 0.1) is 5.82 Å². The standard InChI is InChI=1S/C12H13BrFN3/c13-11-1-2-12(14)10(5-11)8-17-7-9(3-4-15)6-16-17/h1-2,5-7H,3-4,8,15H2. The lowest BCUT2D eigenvalue weighted by Gasteiger charge is -2.04. The van der Waals surface area contributed by atoms with Gasteiger partial charge in [0.05, 0.1) is 12.7 Å². The lowest BCUT2D eigenvalue weighted by atomic mass is 10.2. The molecule has 3 nitrogen and oxygen atoms in total. The summed E-state index contributed by atoms with van der Waals surface area (Å²) in [6, 6.07) is 4.89. The van der Waals surface area contributed by atoms with Crippen LogP contribution in [0.25, 0.3) is 0 Å². The lowest BCUT2D eigenvalue weighted by Crippen LogP contribution is -2.03. The third kappa shape index (κ3) is 3.14. The van der Waals surface area contributed by atoms with Crippen LogP contribution in [-0.4, -0.2) is 16.3 Å². The van der Waals surface area contributed by atoms with E-state index in [-0.39, 0.29) is 5.82 Å². The number of hydrogen-bond acceptors (Lipinski definition) is 2. The zero-order chi connectivity index (χ0) is 12.3. The largest absolute Gasteiger partial charge is 0.330 e. The highest BCUT2D eigenvalue weighted by Crippen LogP contribution is 2.16. The molecular weight excluding hydrogens is 285 g/mol. The van der Waals surface area contributed by atoms with E-state index in [2.05, 4.69) is 21.0 Å². The number of rotatable bonds is 4. The molecule has 0 aliphatic rings. The summed E-state index contributed by atoms with van der Waals surface area (Å²) >= 11 is 3.33. The maximum atomic E-state index is 13.5. The van der Waals surface area contributed by atoms with Gasteiger partial charge in [0.2, 0.25) is 0 Å². The van der Waals surface area contributed by atoms with Crippen molar-refractivity contribution in [3.05, 3.63) is 52.0 Å². The average molecular weight is 298 g/mol. The third-order valence-corrected chi connectivity index (χ3v) is 2.95. The fourth-order valence-corrected chi connectivity index (χ4v) is 2.04. The van der Waals surface area contributed by atoms with Gasteiger partial charge in [-0.1, -0.05) is 15.9 Å². The monoisotopic (exact) mass is 297 g/mol. The Bertz CT molecular complexity index is 510. The molecule has 2 rings (SSSR count). The molecule has 0 aliphatic carbocycles. The molecule has 0 amide bonds. The smallest absolute Gasteiger partial charge is 0.128 e. The molecule has 2 aromatic rings. The molecule has 1 heterocycles. The van der Waals surface area contributed by atoms with Gasteiger partial charge in [0.15, 0.2) is 0 Å². The van der Waals surface area contributed by atoms with E-state index in [0.717, 1.165) is 16.5 Å². The number of benzene rings is 1. The Kier molecular flexibility index (Phi) is 3.91. The quantitative estimate of drug-likeness (QED) is 0.941. The normalized spacial score (nSPS) is 10.8. The Morgan fingerprint density at radius 3 is 3.00 bits per heavy atom. The molecule has 0 saturated carbocycles. The Morgan fingerprint density at radius 1 is 1.41 bits per heavy atom. The summed E-state index contributed by atoms with van der Waals surface area (Å²) in [5, 5.41) is 4.18. The van der Waals surface area contributed by atoms with E-state index >= 15 is 0 Å². The Hall–Kier alpha value is -1.20. The summed E-state index contributed by atoms with van der Waals surface area (Å²) in [7, 11) is 0. The molecule has 0 fully saturated rings. The van der Waals surface area contributed by atoms with E-state index in [1.165, 1.54) is 6.07 Å². The van der Waals surface area contributed by atoms with Crippen LogP contribution in [0.1, 0.15) is 11.1 Å². The van der Waals surface area contributed by atoms with Crippen LogP contribution in [-0.2, 0) is 13.0 Å². The van der Waals surface area contributed by atoms with E-state index in [9.17, 15) is 4.39 Å². The van der Waals surface area contributed by atoms with Gasteiger partial charge in [-0.25, -0.2) is 4.39 Å². The zero-order valence-corrected chi connectivity index (χ0v) is 10.8. The first-order valence-corrected chi connectivity index (χ1v) is 6.13. The van der Waals surface area contributed by atoms with Crippen molar-refractivity contribution in [3.63, 3.8) is 0 Å². The van der Waals surface area contributed by atoms with Crippen molar-refractivity contribution in [2.75, 3.05) is 6.54 Å². The third-order valence-electron chi connectivity index (χ3n) is 2.46. The lowest BCUT2D eigenvalue weighted by molar-refractivity contribution is 0.584. The van der Waals surface area contributed by atoms with Gasteiger partial charge in [-0.3, -0.25) is 4.68 Å². The van der Waals surface area contributed by atoms with Crippen LogP contribution in [0.5, 0.6) is 0 Å². The van der Waals surface area contributed by atoms with Gasteiger partial charge in [0, 0.05) is 16.2 Å². The van der Waals surface area contributed by atoms with Crippen molar-refractivity contribution >= 4 is 15.9 Å². The van der Waals surface area contributed by atoms with E-state index < -0.39 is 0 Å². The first-order valence-electron chi connectivity index (χ1n) is 5.34. The van der Waals surface area contributed by atoms with Gasteiger partial charge >= 0.3 is 0 Å². The van der Waals surface area contributed by atoms with Gasteiger partial charge in [-0.05, 0) is 36.7 Å². The minimum atomic E-state index is -0.218. The minimum absolute atomic E-state index is 0.218. The summed E-state index contributed by atoms with van der Waals surface area (Å²) < 4.78 is 16.1. The summed E-state index contributed by atoms with van der Waals surface area (Å²) in [4.78, 5) is 0. The molecule has 1 aromatic heterocycles. The molecule has 0 bridgehead atoms. The van der Waals surface area contributed by atoms with Gasteiger partial charge in [-0.15, -0.1) is 0 Å². The van der Waals surface area contributed by atoms with Crippen LogP contribution < -0.4 is 5.73 Å². The summed E-state index contributed by atoms with van der Waals surface area (Å²) in [5.74, 6) is -0.218. The fourth-order valence-electron chi connectivity index (χ4n) is 1.63. The molecule has 1 aromatic carbocycles. The molecule has 2 N–H and O–H groups in total. The van der Waals surface area contributed by atoms with Crippen LogP contribution in [0.3, 0.4) is 0 Å². The van der Waals surface area contributed by atoms with Crippen molar-refractivity contribution in [3.8, 4) is 0 Å². The SMILES string of the molecule is NCCc1cnn(Cc2cc(Br)ccc2F)c1.